The molecule has 0 radical (unpaired) electrons. The quantitative estimate of drug-likeness (QED) is 0.764. The third kappa shape index (κ3) is 2.97. The van der Waals surface area contributed by atoms with Gasteiger partial charge in [-0.05, 0) is 24.3 Å². The summed E-state index contributed by atoms with van der Waals surface area (Å²) in [6.45, 7) is 0. The number of nitrogens with zero attached hydrogens (tertiary/aromatic N) is 3. The molecule has 0 saturated carbocycles. The van der Waals surface area contributed by atoms with Crippen molar-refractivity contribution in [1.82, 2.24) is 9.97 Å². The van der Waals surface area contributed by atoms with Gasteiger partial charge in [-0.3, -0.25) is 0 Å². The Morgan fingerprint density at radius 2 is 1.80 bits per heavy atom. The molecule has 3 aromatic rings. The van der Waals surface area contributed by atoms with Crippen LogP contribution in [0.3, 0.4) is 0 Å². The maximum absolute atomic E-state index is 9.04. The number of benzene rings is 2. The Hall–Kier alpha value is -3.53. The molecule has 1 N–H and O–H groups in total. The molecule has 1 aromatic heterocycles. The molecule has 0 amide bonds. The number of methoxy groups -OCH3 is 3. The van der Waals surface area contributed by atoms with Crippen molar-refractivity contribution in [1.29, 1.82) is 5.26 Å². The molecule has 25 heavy (non-hydrogen) atoms. The Bertz CT molecular complexity index is 966. The zero-order valence-corrected chi connectivity index (χ0v) is 14.0. The van der Waals surface area contributed by atoms with Crippen molar-refractivity contribution >= 4 is 22.4 Å². The van der Waals surface area contributed by atoms with Crippen molar-refractivity contribution in [3.8, 4) is 23.3 Å². The largest absolute Gasteiger partial charge is 0.493 e. The minimum atomic E-state index is 0.466. The lowest BCUT2D eigenvalue weighted by molar-refractivity contribution is 0.327. The van der Waals surface area contributed by atoms with E-state index >= 15 is 0 Å². The number of rotatable bonds is 5. The van der Waals surface area contributed by atoms with E-state index in [1.54, 1.807) is 45.6 Å². The maximum atomic E-state index is 9.04. The molecule has 0 saturated heterocycles. The summed E-state index contributed by atoms with van der Waals surface area (Å²) in [5, 5.41) is 13.0. The van der Waals surface area contributed by atoms with E-state index in [1.807, 2.05) is 6.07 Å². The fourth-order valence-electron chi connectivity index (χ4n) is 2.57. The summed E-state index contributed by atoms with van der Waals surface area (Å²) in [6.07, 6.45) is 1.44. The van der Waals surface area contributed by atoms with Gasteiger partial charge in [0.25, 0.3) is 0 Å². The number of ether oxygens (including phenoxy) is 3. The van der Waals surface area contributed by atoms with Gasteiger partial charge in [0.1, 0.15) is 17.7 Å². The van der Waals surface area contributed by atoms with Crippen LogP contribution in [-0.4, -0.2) is 31.3 Å². The lowest BCUT2D eigenvalue weighted by Gasteiger charge is -2.16. The van der Waals surface area contributed by atoms with E-state index in [0.717, 1.165) is 5.69 Å². The topological polar surface area (TPSA) is 89.3 Å². The van der Waals surface area contributed by atoms with Crippen LogP contribution in [-0.2, 0) is 0 Å². The first-order valence-corrected chi connectivity index (χ1v) is 7.42. The van der Waals surface area contributed by atoms with Crippen molar-refractivity contribution in [2.24, 2.45) is 0 Å². The fraction of sp³-hybridized carbons (Fsp3) is 0.167. The summed E-state index contributed by atoms with van der Waals surface area (Å²) in [4.78, 5) is 8.61. The summed E-state index contributed by atoms with van der Waals surface area (Å²) >= 11 is 0. The number of nitrogens with one attached hydrogen (secondary N) is 1. The van der Waals surface area contributed by atoms with Crippen LogP contribution in [0.15, 0.2) is 36.7 Å². The lowest BCUT2D eigenvalue weighted by Crippen LogP contribution is -2.01. The Labute approximate surface area is 144 Å². The molecule has 126 valence electrons. The third-order valence-electron chi connectivity index (χ3n) is 3.69. The molecular formula is C18H16N4O3. The second kappa shape index (κ2) is 6.93. The van der Waals surface area contributed by atoms with Crippen LogP contribution < -0.4 is 19.5 Å². The van der Waals surface area contributed by atoms with E-state index in [4.69, 9.17) is 19.5 Å². The smallest absolute Gasteiger partial charge is 0.205 e. The van der Waals surface area contributed by atoms with Crippen LogP contribution >= 0.6 is 0 Å². The zero-order chi connectivity index (χ0) is 17.8. The van der Waals surface area contributed by atoms with Gasteiger partial charge in [-0.15, -0.1) is 0 Å². The Balaban J connectivity index is 2.17. The molecule has 7 heteroatoms. The highest BCUT2D eigenvalue weighted by Gasteiger charge is 2.19. The van der Waals surface area contributed by atoms with Gasteiger partial charge in [-0.1, -0.05) is 6.07 Å². The van der Waals surface area contributed by atoms with Crippen molar-refractivity contribution in [2.75, 3.05) is 26.6 Å². The van der Waals surface area contributed by atoms with Gasteiger partial charge < -0.3 is 19.5 Å². The Kier molecular flexibility index (Phi) is 4.53. The van der Waals surface area contributed by atoms with E-state index < -0.39 is 0 Å². The second-order valence-electron chi connectivity index (χ2n) is 5.08. The number of fused-ring (bicyclic) bond motifs is 1. The molecule has 0 spiro atoms. The predicted molar refractivity (Wildman–Crippen MR) is 93.6 cm³/mol. The molecule has 2 aromatic carbocycles. The highest BCUT2D eigenvalue weighted by atomic mass is 16.5. The molecule has 1 heterocycles. The first-order valence-electron chi connectivity index (χ1n) is 7.42. The highest BCUT2D eigenvalue weighted by Crippen LogP contribution is 2.44. The van der Waals surface area contributed by atoms with Crippen LogP contribution in [0.1, 0.15) is 5.56 Å². The van der Waals surface area contributed by atoms with Crippen LogP contribution in [0.25, 0.3) is 10.9 Å². The number of hydrogen-bond acceptors (Lipinski definition) is 7. The molecule has 0 aliphatic rings. The Morgan fingerprint density at radius 1 is 1.00 bits per heavy atom. The Morgan fingerprint density at radius 3 is 2.48 bits per heavy atom. The first kappa shape index (κ1) is 16.3. The van der Waals surface area contributed by atoms with Gasteiger partial charge in [0.15, 0.2) is 11.5 Å². The fourth-order valence-corrected chi connectivity index (χ4v) is 2.57. The van der Waals surface area contributed by atoms with E-state index in [2.05, 4.69) is 21.4 Å². The number of hydrogen-bond donors (Lipinski definition) is 1. The van der Waals surface area contributed by atoms with E-state index in [0.29, 0.717) is 39.5 Å². The van der Waals surface area contributed by atoms with Crippen molar-refractivity contribution < 1.29 is 14.2 Å². The molecule has 0 unspecified atom stereocenters. The van der Waals surface area contributed by atoms with Crippen molar-refractivity contribution in [2.45, 2.75) is 0 Å². The number of nitriles is 1. The predicted octanol–water partition coefficient (Wildman–Crippen LogP) is 3.27. The van der Waals surface area contributed by atoms with Gasteiger partial charge in [0.2, 0.25) is 5.75 Å². The molecule has 7 nitrogen and oxygen atoms in total. The summed E-state index contributed by atoms with van der Waals surface area (Å²) < 4.78 is 16.3. The summed E-state index contributed by atoms with van der Waals surface area (Å²) in [7, 11) is 4.64. The maximum Gasteiger partial charge on any atom is 0.205 e. The van der Waals surface area contributed by atoms with Gasteiger partial charge in [-0.2, -0.15) is 5.26 Å². The van der Waals surface area contributed by atoms with Gasteiger partial charge in [0.05, 0.1) is 38.3 Å². The van der Waals surface area contributed by atoms with E-state index in [-0.39, 0.29) is 0 Å². The molecule has 3 rings (SSSR count). The van der Waals surface area contributed by atoms with Crippen molar-refractivity contribution in [3.05, 3.63) is 42.2 Å². The monoisotopic (exact) mass is 336 g/mol. The van der Waals surface area contributed by atoms with Gasteiger partial charge in [-0.25, -0.2) is 9.97 Å². The van der Waals surface area contributed by atoms with Crippen molar-refractivity contribution in [3.63, 3.8) is 0 Å². The van der Waals surface area contributed by atoms with Gasteiger partial charge in [0, 0.05) is 5.69 Å². The van der Waals surface area contributed by atoms with Crippen LogP contribution in [0.4, 0.5) is 11.5 Å². The molecule has 0 aliphatic carbocycles. The molecule has 0 bridgehead atoms. The average Bonchev–Trinajstić information content (AvgIpc) is 2.66. The SMILES string of the molecule is COc1cc2c(Nc3cccc(C#N)c3)ncnc2c(OC)c1OC. The number of anilines is 2. The third-order valence-corrected chi connectivity index (χ3v) is 3.69. The summed E-state index contributed by atoms with van der Waals surface area (Å²) in [5.74, 6) is 2.01. The van der Waals surface area contributed by atoms with Crippen LogP contribution in [0.2, 0.25) is 0 Å². The standard InChI is InChI=1S/C18H16N4O3/c1-23-14-8-13-15(17(25-3)16(14)24-2)20-10-21-18(13)22-12-6-4-5-11(7-12)9-19/h4-8,10H,1-3H3,(H,20,21,22). The van der Waals surface area contributed by atoms with Gasteiger partial charge >= 0.3 is 0 Å². The van der Waals surface area contributed by atoms with Crippen LogP contribution in [0, 0.1) is 11.3 Å². The van der Waals surface area contributed by atoms with E-state index in [1.165, 1.54) is 6.33 Å². The summed E-state index contributed by atoms with van der Waals surface area (Å²) in [5.41, 5.74) is 1.89. The molecule has 0 fully saturated rings. The minimum Gasteiger partial charge on any atom is -0.493 e. The highest BCUT2D eigenvalue weighted by molar-refractivity contribution is 5.97. The molecule has 0 atom stereocenters. The molecular weight excluding hydrogens is 320 g/mol. The zero-order valence-electron chi connectivity index (χ0n) is 14.0. The number of aromatic nitrogens is 2. The molecule has 0 aliphatic heterocycles. The lowest BCUT2D eigenvalue weighted by atomic mass is 10.1. The minimum absolute atomic E-state index is 0.466. The van der Waals surface area contributed by atoms with E-state index in [9.17, 15) is 0 Å². The second-order valence-corrected chi connectivity index (χ2v) is 5.08. The average molecular weight is 336 g/mol. The normalized spacial score (nSPS) is 10.2. The summed E-state index contributed by atoms with van der Waals surface area (Å²) in [6, 6.07) is 11.0. The van der Waals surface area contributed by atoms with Crippen LogP contribution in [0.5, 0.6) is 17.2 Å². The first-order chi connectivity index (χ1) is 12.2.